The maximum atomic E-state index is 12.8. The van der Waals surface area contributed by atoms with Gasteiger partial charge in [0.2, 0.25) is 0 Å². The number of rotatable bonds is 5. The molecule has 0 radical (unpaired) electrons. The predicted octanol–water partition coefficient (Wildman–Crippen LogP) is 3.41. The first-order chi connectivity index (χ1) is 15.2. The van der Waals surface area contributed by atoms with Gasteiger partial charge in [0.1, 0.15) is 15.7 Å². The highest BCUT2D eigenvalue weighted by Gasteiger charge is 2.24. The molecular weight excluding hydrogens is 473 g/mol. The van der Waals surface area contributed by atoms with E-state index in [0.29, 0.717) is 10.1 Å². The van der Waals surface area contributed by atoms with E-state index >= 15 is 0 Å². The number of carbonyl (C=O) groups excluding carboxylic acids is 2. The van der Waals surface area contributed by atoms with E-state index in [2.05, 4.69) is 27.1 Å². The van der Waals surface area contributed by atoms with Crippen LogP contribution in [0.5, 0.6) is 5.75 Å². The van der Waals surface area contributed by atoms with Gasteiger partial charge in [-0.15, -0.1) is 11.3 Å². The Morgan fingerprint density at radius 3 is 2.59 bits per heavy atom. The molecule has 4 rings (SSSR count). The van der Waals surface area contributed by atoms with Gasteiger partial charge in [-0.2, -0.15) is 0 Å². The van der Waals surface area contributed by atoms with E-state index in [1.54, 1.807) is 12.3 Å². The molecule has 0 aliphatic carbocycles. The van der Waals surface area contributed by atoms with Gasteiger partial charge in [0.15, 0.2) is 5.75 Å². The van der Waals surface area contributed by atoms with Crippen molar-refractivity contribution in [1.82, 2.24) is 14.8 Å². The van der Waals surface area contributed by atoms with Gasteiger partial charge in [-0.3, -0.25) is 19.5 Å². The number of phenols is 1. The molecule has 0 atom stereocenters. The molecule has 0 spiro atoms. The zero-order chi connectivity index (χ0) is 23.0. The smallest absolute Gasteiger partial charge is 0.274 e. The number of carbonyl (C=O) groups is 2. The van der Waals surface area contributed by atoms with E-state index in [1.165, 1.54) is 6.07 Å². The molecule has 168 valence electrons. The van der Waals surface area contributed by atoms with Crippen molar-refractivity contribution in [3.8, 4) is 5.75 Å². The van der Waals surface area contributed by atoms with Gasteiger partial charge in [0, 0.05) is 44.3 Å². The van der Waals surface area contributed by atoms with Gasteiger partial charge in [0.05, 0.1) is 15.3 Å². The van der Waals surface area contributed by atoms with Crippen molar-refractivity contribution >= 4 is 61.4 Å². The van der Waals surface area contributed by atoms with Crippen molar-refractivity contribution in [2.24, 2.45) is 5.73 Å². The van der Waals surface area contributed by atoms with E-state index in [1.807, 2.05) is 6.07 Å². The number of halogens is 2. The summed E-state index contributed by atoms with van der Waals surface area (Å²) in [4.78, 5) is 33.8. The summed E-state index contributed by atoms with van der Waals surface area (Å²) in [7, 11) is 2.11. The lowest BCUT2D eigenvalue weighted by atomic mass is 10.1. The van der Waals surface area contributed by atoms with E-state index in [9.17, 15) is 14.7 Å². The number of benzene rings is 1. The number of nitrogens with one attached hydrogen (secondary N) is 1. The van der Waals surface area contributed by atoms with Crippen molar-refractivity contribution in [1.29, 1.82) is 0 Å². The number of pyridine rings is 1. The van der Waals surface area contributed by atoms with Crippen LogP contribution in [0.4, 0.5) is 5.00 Å². The molecule has 3 heterocycles. The molecule has 0 saturated carbocycles. The van der Waals surface area contributed by atoms with Gasteiger partial charge in [-0.05, 0) is 24.7 Å². The maximum absolute atomic E-state index is 12.8. The number of aromatic nitrogens is 1. The fourth-order valence-corrected chi connectivity index (χ4v) is 5.26. The third kappa shape index (κ3) is 4.53. The average Bonchev–Trinajstić information content (AvgIpc) is 3.12. The van der Waals surface area contributed by atoms with Gasteiger partial charge < -0.3 is 21.1 Å². The summed E-state index contributed by atoms with van der Waals surface area (Å²) in [6.45, 7) is 4.80. The second-order valence-electron chi connectivity index (χ2n) is 7.65. The fraction of sp³-hybridized carbons (Fsp3) is 0.286. The van der Waals surface area contributed by atoms with Crippen LogP contribution in [-0.4, -0.2) is 64.9 Å². The Hall–Kier alpha value is -2.43. The fourth-order valence-electron chi connectivity index (χ4n) is 3.57. The third-order valence-electron chi connectivity index (χ3n) is 5.38. The van der Waals surface area contributed by atoms with Crippen LogP contribution in [0.25, 0.3) is 10.1 Å². The molecule has 1 aliphatic heterocycles. The van der Waals surface area contributed by atoms with Crippen molar-refractivity contribution in [2.75, 3.05) is 38.5 Å². The summed E-state index contributed by atoms with van der Waals surface area (Å²) < 4.78 is 0.396. The van der Waals surface area contributed by atoms with Crippen molar-refractivity contribution in [2.45, 2.75) is 6.54 Å². The van der Waals surface area contributed by atoms with E-state index in [-0.39, 0.29) is 32.1 Å². The maximum Gasteiger partial charge on any atom is 0.274 e. The van der Waals surface area contributed by atoms with Gasteiger partial charge >= 0.3 is 0 Å². The Balaban J connectivity index is 1.54. The summed E-state index contributed by atoms with van der Waals surface area (Å²) >= 11 is 13.2. The number of anilines is 1. The van der Waals surface area contributed by atoms with E-state index in [0.717, 1.165) is 49.6 Å². The normalized spacial score (nSPS) is 15.2. The first kappa shape index (κ1) is 22.8. The summed E-state index contributed by atoms with van der Waals surface area (Å²) in [6, 6.07) is 4.91. The van der Waals surface area contributed by atoms with Crippen molar-refractivity contribution < 1.29 is 14.7 Å². The number of primary amides is 1. The van der Waals surface area contributed by atoms with Gasteiger partial charge in [0.25, 0.3) is 11.8 Å². The monoisotopic (exact) mass is 493 g/mol. The van der Waals surface area contributed by atoms with Crippen molar-refractivity contribution in [3.05, 3.63) is 51.3 Å². The number of fused-ring (bicyclic) bond motifs is 1. The number of hydrogen-bond acceptors (Lipinski definition) is 7. The Morgan fingerprint density at radius 1 is 1.25 bits per heavy atom. The SMILES string of the molecule is CN1CCN(Cc2ccc(C(=O)Nc3sc4c(Cl)c(O)c(Cl)cc4c3C(N)=O)nc2)CC1. The molecule has 3 aromatic rings. The van der Waals surface area contributed by atoms with Crippen LogP contribution in [0.15, 0.2) is 24.4 Å². The van der Waals surface area contributed by atoms with Crippen LogP contribution >= 0.6 is 34.5 Å². The molecule has 2 amide bonds. The molecule has 1 aliphatic rings. The Bertz CT molecular complexity index is 1190. The van der Waals surface area contributed by atoms with E-state index in [4.69, 9.17) is 28.9 Å². The zero-order valence-electron chi connectivity index (χ0n) is 17.2. The minimum Gasteiger partial charge on any atom is -0.505 e. The molecule has 11 heteroatoms. The number of hydrogen-bond donors (Lipinski definition) is 3. The molecule has 1 aromatic carbocycles. The van der Waals surface area contributed by atoms with Crippen molar-refractivity contribution in [3.63, 3.8) is 0 Å². The number of likely N-dealkylation sites (N-methyl/N-ethyl adjacent to an activating group) is 1. The first-order valence-corrected chi connectivity index (χ1v) is 11.4. The van der Waals surface area contributed by atoms with Crippen LogP contribution < -0.4 is 11.1 Å². The topological polar surface area (TPSA) is 112 Å². The third-order valence-corrected chi connectivity index (χ3v) is 7.29. The standard InChI is InChI=1S/C21H21Cl2N5O3S/c1-27-4-6-28(7-5-27)10-11-2-3-14(25-9-11)20(31)26-21-15(19(24)30)12-8-13(22)17(29)16(23)18(12)32-21/h2-3,8-9,29H,4-7,10H2,1H3,(H2,24,30)(H,26,31). The van der Waals surface area contributed by atoms with Gasteiger partial charge in [-0.25, -0.2) is 0 Å². The number of thiophene rings is 1. The molecule has 0 bridgehead atoms. The number of aromatic hydroxyl groups is 1. The molecule has 2 aromatic heterocycles. The van der Waals surface area contributed by atoms with Crippen LogP contribution in [-0.2, 0) is 6.54 Å². The van der Waals surface area contributed by atoms with Crippen LogP contribution in [0.1, 0.15) is 26.4 Å². The Morgan fingerprint density at radius 2 is 1.97 bits per heavy atom. The number of phenolic OH excluding ortho intramolecular Hbond substituents is 1. The molecule has 1 fully saturated rings. The first-order valence-electron chi connectivity index (χ1n) is 9.85. The minimum absolute atomic E-state index is 0.00752. The lowest BCUT2D eigenvalue weighted by Crippen LogP contribution is -2.43. The van der Waals surface area contributed by atoms with Gasteiger partial charge in [-0.1, -0.05) is 29.3 Å². The molecule has 4 N–H and O–H groups in total. The summed E-state index contributed by atoms with van der Waals surface area (Å²) in [5, 5.41) is 13.2. The average molecular weight is 494 g/mol. The highest BCUT2D eigenvalue weighted by Crippen LogP contribution is 2.46. The highest BCUT2D eigenvalue weighted by molar-refractivity contribution is 7.24. The quantitative estimate of drug-likeness (QED) is 0.501. The Kier molecular flexibility index (Phi) is 6.55. The number of piperazine rings is 1. The lowest BCUT2D eigenvalue weighted by molar-refractivity contribution is 0.100. The number of nitrogens with two attached hydrogens (primary N) is 1. The second-order valence-corrected chi connectivity index (χ2v) is 9.46. The predicted molar refractivity (Wildman–Crippen MR) is 127 cm³/mol. The molecule has 8 nitrogen and oxygen atoms in total. The van der Waals surface area contributed by atoms with Crippen LogP contribution in [0.2, 0.25) is 10.0 Å². The molecular formula is C21H21Cl2N5O3S. The number of nitrogens with zero attached hydrogens (tertiary/aromatic N) is 3. The summed E-state index contributed by atoms with van der Waals surface area (Å²) in [5.41, 5.74) is 6.83. The lowest BCUT2D eigenvalue weighted by Gasteiger charge is -2.32. The molecule has 0 unspecified atom stereocenters. The minimum atomic E-state index is -0.750. The highest BCUT2D eigenvalue weighted by atomic mass is 35.5. The number of amides is 2. The van der Waals surface area contributed by atoms with E-state index < -0.39 is 11.8 Å². The molecule has 32 heavy (non-hydrogen) atoms. The zero-order valence-corrected chi connectivity index (χ0v) is 19.5. The summed E-state index contributed by atoms with van der Waals surface area (Å²) in [6.07, 6.45) is 1.68. The Labute approximate surface area is 198 Å². The van der Waals surface area contributed by atoms with Crippen LogP contribution in [0, 0.1) is 0 Å². The largest absolute Gasteiger partial charge is 0.505 e. The molecule has 1 saturated heterocycles. The summed E-state index contributed by atoms with van der Waals surface area (Å²) in [5.74, 6) is -1.54. The second kappa shape index (κ2) is 9.21. The van der Waals surface area contributed by atoms with Crippen LogP contribution in [0.3, 0.4) is 0 Å².